The second-order valence-corrected chi connectivity index (χ2v) is 5.30. The van der Waals surface area contributed by atoms with E-state index in [1.807, 2.05) is 37.4 Å². The summed E-state index contributed by atoms with van der Waals surface area (Å²) in [5.41, 5.74) is 1.85. The molecule has 0 radical (unpaired) electrons. The molecule has 0 heterocycles. The van der Waals surface area contributed by atoms with Crippen molar-refractivity contribution in [2.75, 3.05) is 12.0 Å². The lowest BCUT2D eigenvalue weighted by Gasteiger charge is -2.19. The minimum Gasteiger partial charge on any atom is -0.481 e. The van der Waals surface area contributed by atoms with Crippen molar-refractivity contribution in [2.24, 2.45) is 0 Å². The van der Waals surface area contributed by atoms with Crippen molar-refractivity contribution in [3.05, 3.63) is 35.4 Å². The molecule has 1 atom stereocenters. The lowest BCUT2D eigenvalue weighted by molar-refractivity contribution is -0.137. The number of aryl methyl sites for hydroxylation is 1. The van der Waals surface area contributed by atoms with Gasteiger partial charge in [0.25, 0.3) is 0 Å². The average molecular weight is 281 g/mol. The Balaban J connectivity index is 2.80. The monoisotopic (exact) mass is 281 g/mol. The van der Waals surface area contributed by atoms with E-state index < -0.39 is 12.0 Å². The minimum absolute atomic E-state index is 0.101. The second-order valence-electron chi connectivity index (χ2n) is 4.32. The molecule has 1 aromatic rings. The fourth-order valence-electron chi connectivity index (χ4n) is 1.85. The molecule has 0 aliphatic heterocycles. The Bertz CT molecular complexity index is 448. The highest BCUT2D eigenvalue weighted by molar-refractivity contribution is 7.98. The summed E-state index contributed by atoms with van der Waals surface area (Å²) >= 11 is 1.59. The number of carbonyl (C=O) groups is 2. The number of thioether (sulfide) groups is 1. The van der Waals surface area contributed by atoms with Gasteiger partial charge in [-0.05, 0) is 24.3 Å². The summed E-state index contributed by atoms with van der Waals surface area (Å²) in [7, 11) is 0. The molecule has 0 bridgehead atoms. The SMILES string of the molecule is CSCCC(=O)NC(CC(=O)O)c1ccccc1C. The maximum Gasteiger partial charge on any atom is 0.305 e. The lowest BCUT2D eigenvalue weighted by atomic mass is 9.98. The molecular weight excluding hydrogens is 262 g/mol. The lowest BCUT2D eigenvalue weighted by Crippen LogP contribution is -2.30. The number of hydrogen-bond donors (Lipinski definition) is 2. The van der Waals surface area contributed by atoms with Crippen molar-refractivity contribution in [1.29, 1.82) is 0 Å². The molecule has 0 saturated heterocycles. The molecule has 1 rings (SSSR count). The Labute approximate surface area is 117 Å². The Morgan fingerprint density at radius 2 is 2.05 bits per heavy atom. The fourth-order valence-corrected chi connectivity index (χ4v) is 2.24. The van der Waals surface area contributed by atoms with Gasteiger partial charge in [-0.15, -0.1) is 0 Å². The highest BCUT2D eigenvalue weighted by atomic mass is 32.2. The fraction of sp³-hybridized carbons (Fsp3) is 0.429. The van der Waals surface area contributed by atoms with E-state index in [2.05, 4.69) is 5.32 Å². The number of nitrogens with one attached hydrogen (secondary N) is 1. The van der Waals surface area contributed by atoms with Gasteiger partial charge in [0.1, 0.15) is 0 Å². The highest BCUT2D eigenvalue weighted by Crippen LogP contribution is 2.20. The Kier molecular flexibility index (Phi) is 6.42. The largest absolute Gasteiger partial charge is 0.481 e. The molecule has 1 aromatic carbocycles. The molecule has 0 spiro atoms. The van der Waals surface area contributed by atoms with Crippen LogP contribution in [0.4, 0.5) is 0 Å². The van der Waals surface area contributed by atoms with Crippen molar-refractivity contribution < 1.29 is 14.7 Å². The standard InChI is InChI=1S/C14H19NO3S/c1-10-5-3-4-6-11(10)12(9-14(17)18)15-13(16)7-8-19-2/h3-6,12H,7-9H2,1-2H3,(H,15,16)(H,17,18). The molecule has 0 aromatic heterocycles. The predicted molar refractivity (Wildman–Crippen MR) is 77.3 cm³/mol. The molecule has 5 heteroatoms. The summed E-state index contributed by atoms with van der Waals surface area (Å²) in [6.07, 6.45) is 2.24. The van der Waals surface area contributed by atoms with E-state index in [1.54, 1.807) is 11.8 Å². The van der Waals surface area contributed by atoms with Crippen molar-refractivity contribution in [3.63, 3.8) is 0 Å². The van der Waals surface area contributed by atoms with E-state index in [0.717, 1.165) is 16.9 Å². The third-order valence-corrected chi connectivity index (χ3v) is 3.42. The summed E-state index contributed by atoms with van der Waals surface area (Å²) in [5.74, 6) is -0.290. The van der Waals surface area contributed by atoms with Gasteiger partial charge in [-0.3, -0.25) is 9.59 Å². The Morgan fingerprint density at radius 1 is 1.37 bits per heavy atom. The summed E-state index contributed by atoms with van der Waals surface area (Å²) in [4.78, 5) is 22.7. The van der Waals surface area contributed by atoms with E-state index in [9.17, 15) is 9.59 Å². The van der Waals surface area contributed by atoms with Crippen LogP contribution in [0.3, 0.4) is 0 Å². The molecule has 0 aliphatic carbocycles. The zero-order valence-corrected chi connectivity index (χ0v) is 12.0. The van der Waals surface area contributed by atoms with Gasteiger partial charge in [0.05, 0.1) is 12.5 Å². The van der Waals surface area contributed by atoms with Crippen LogP contribution in [0, 0.1) is 6.92 Å². The average Bonchev–Trinajstić information content (AvgIpc) is 2.35. The summed E-state index contributed by atoms with van der Waals surface area (Å²) in [6.45, 7) is 1.91. The zero-order valence-electron chi connectivity index (χ0n) is 11.2. The van der Waals surface area contributed by atoms with Crippen LogP contribution in [-0.2, 0) is 9.59 Å². The van der Waals surface area contributed by atoms with Crippen LogP contribution in [0.5, 0.6) is 0 Å². The number of carboxylic acids is 1. The Morgan fingerprint density at radius 3 is 2.63 bits per heavy atom. The maximum absolute atomic E-state index is 11.8. The number of amides is 1. The Hall–Kier alpha value is -1.49. The van der Waals surface area contributed by atoms with Crippen molar-refractivity contribution in [2.45, 2.75) is 25.8 Å². The maximum atomic E-state index is 11.8. The van der Waals surface area contributed by atoms with Crippen LogP contribution in [0.2, 0.25) is 0 Å². The molecule has 0 fully saturated rings. The van der Waals surface area contributed by atoms with Crippen molar-refractivity contribution in [3.8, 4) is 0 Å². The molecule has 4 nitrogen and oxygen atoms in total. The summed E-state index contributed by atoms with van der Waals surface area (Å²) in [5, 5.41) is 11.8. The quantitative estimate of drug-likeness (QED) is 0.805. The summed E-state index contributed by atoms with van der Waals surface area (Å²) in [6, 6.07) is 7.06. The molecular formula is C14H19NO3S. The molecule has 0 saturated carbocycles. The van der Waals surface area contributed by atoms with Crippen LogP contribution in [-0.4, -0.2) is 29.0 Å². The molecule has 1 unspecified atom stereocenters. The van der Waals surface area contributed by atoms with Gasteiger partial charge in [-0.1, -0.05) is 24.3 Å². The van der Waals surface area contributed by atoms with Crippen LogP contribution in [0.1, 0.15) is 30.0 Å². The molecule has 19 heavy (non-hydrogen) atoms. The van der Waals surface area contributed by atoms with Crippen molar-refractivity contribution >= 4 is 23.6 Å². The van der Waals surface area contributed by atoms with Crippen LogP contribution < -0.4 is 5.32 Å². The van der Waals surface area contributed by atoms with Crippen molar-refractivity contribution in [1.82, 2.24) is 5.32 Å². The first-order valence-corrected chi connectivity index (χ1v) is 7.49. The first kappa shape index (κ1) is 15.6. The normalized spacial score (nSPS) is 11.9. The van der Waals surface area contributed by atoms with Gasteiger partial charge in [0.15, 0.2) is 0 Å². The van der Waals surface area contributed by atoms with Gasteiger partial charge >= 0.3 is 5.97 Å². The highest BCUT2D eigenvalue weighted by Gasteiger charge is 2.19. The van der Waals surface area contributed by atoms with Gasteiger partial charge in [-0.2, -0.15) is 11.8 Å². The van der Waals surface area contributed by atoms with Gasteiger partial charge < -0.3 is 10.4 Å². The number of benzene rings is 1. The first-order chi connectivity index (χ1) is 9.04. The third kappa shape index (κ3) is 5.34. The predicted octanol–water partition coefficient (Wildman–Crippen LogP) is 2.38. The molecule has 2 N–H and O–H groups in total. The van der Waals surface area contributed by atoms with Gasteiger partial charge in [0.2, 0.25) is 5.91 Å². The number of aliphatic carboxylic acids is 1. The minimum atomic E-state index is -0.918. The smallest absolute Gasteiger partial charge is 0.305 e. The summed E-state index contributed by atoms with van der Waals surface area (Å²) < 4.78 is 0. The van der Waals surface area contributed by atoms with Gasteiger partial charge in [-0.25, -0.2) is 0 Å². The number of rotatable bonds is 7. The van der Waals surface area contributed by atoms with E-state index in [4.69, 9.17) is 5.11 Å². The van der Waals surface area contributed by atoms with Crippen LogP contribution in [0.25, 0.3) is 0 Å². The van der Waals surface area contributed by atoms with E-state index in [-0.39, 0.29) is 12.3 Å². The number of hydrogen-bond acceptors (Lipinski definition) is 3. The second kappa shape index (κ2) is 7.84. The number of carboxylic acid groups (broad SMARTS) is 1. The van der Waals surface area contributed by atoms with E-state index in [1.165, 1.54) is 0 Å². The van der Waals surface area contributed by atoms with Gasteiger partial charge in [0, 0.05) is 12.2 Å². The van der Waals surface area contributed by atoms with Crippen LogP contribution in [0.15, 0.2) is 24.3 Å². The topological polar surface area (TPSA) is 66.4 Å². The molecule has 1 amide bonds. The molecule has 104 valence electrons. The van der Waals surface area contributed by atoms with E-state index in [0.29, 0.717) is 6.42 Å². The van der Waals surface area contributed by atoms with Crippen LogP contribution >= 0.6 is 11.8 Å². The zero-order chi connectivity index (χ0) is 14.3. The van der Waals surface area contributed by atoms with E-state index >= 15 is 0 Å². The number of carbonyl (C=O) groups excluding carboxylic acids is 1. The third-order valence-electron chi connectivity index (χ3n) is 2.81. The molecule has 0 aliphatic rings. The first-order valence-electron chi connectivity index (χ1n) is 6.10.